The fourth-order valence-corrected chi connectivity index (χ4v) is 15.0. The van der Waals surface area contributed by atoms with Crippen molar-refractivity contribution in [2.75, 3.05) is 0 Å². The molecule has 0 radical (unpaired) electrons. The predicted molar refractivity (Wildman–Crippen MR) is 249 cm³/mol. The minimum atomic E-state index is -0.582. The van der Waals surface area contributed by atoms with Crippen LogP contribution >= 0.6 is 0 Å². The normalized spacial score (nSPS) is 25.7. The van der Waals surface area contributed by atoms with Crippen LogP contribution in [0, 0.1) is 23.2 Å². The van der Waals surface area contributed by atoms with E-state index in [0.29, 0.717) is 28.3 Å². The Morgan fingerprint density at radius 3 is 1.68 bits per heavy atom. The smallest absolute Gasteiger partial charge is 0.167 e. The molecule has 2 heterocycles. The summed E-state index contributed by atoms with van der Waals surface area (Å²) in [4.78, 5) is 16.2. The average Bonchev–Trinajstić information content (AvgIpc) is 3.99. The molecule has 0 N–H and O–H groups in total. The maximum atomic E-state index is 7.13. The minimum Gasteiger partial charge on any atom is -0.456 e. The molecule has 302 valence electrons. The van der Waals surface area contributed by atoms with Crippen molar-refractivity contribution < 1.29 is 4.74 Å². The first-order chi connectivity index (χ1) is 30.9. The van der Waals surface area contributed by atoms with Crippen LogP contribution in [0.1, 0.15) is 84.9 Å². The van der Waals surface area contributed by atoms with Gasteiger partial charge in [-0.1, -0.05) is 153 Å². The van der Waals surface area contributed by atoms with E-state index in [0.717, 1.165) is 57.1 Å². The van der Waals surface area contributed by atoms with E-state index in [2.05, 4.69) is 172 Å². The fourth-order valence-electron chi connectivity index (χ4n) is 15.0. The first-order valence-corrected chi connectivity index (χ1v) is 23.1. The molecule has 1 aliphatic heterocycles. The van der Waals surface area contributed by atoms with Crippen LogP contribution in [0.4, 0.5) is 0 Å². The van der Waals surface area contributed by atoms with E-state index in [1.54, 1.807) is 0 Å². The maximum absolute atomic E-state index is 7.13. The molecule has 0 amide bonds. The van der Waals surface area contributed by atoms with Crippen LogP contribution in [0.25, 0.3) is 56.4 Å². The van der Waals surface area contributed by atoms with Gasteiger partial charge in [-0.25, -0.2) is 15.0 Å². The van der Waals surface area contributed by atoms with Crippen LogP contribution in [0.3, 0.4) is 0 Å². The predicted octanol–water partition coefficient (Wildman–Crippen LogP) is 13.7. The van der Waals surface area contributed by atoms with Crippen molar-refractivity contribution in [3.63, 3.8) is 0 Å². The zero-order valence-electron chi connectivity index (χ0n) is 35.5. The molecule has 63 heavy (non-hydrogen) atoms. The van der Waals surface area contributed by atoms with Gasteiger partial charge in [0.2, 0.25) is 0 Å². The highest BCUT2D eigenvalue weighted by Gasteiger charge is 2.77. The van der Waals surface area contributed by atoms with E-state index in [1.165, 1.54) is 82.2 Å². The van der Waals surface area contributed by atoms with Crippen molar-refractivity contribution in [3.05, 3.63) is 197 Å². The van der Waals surface area contributed by atoms with E-state index >= 15 is 0 Å². The van der Waals surface area contributed by atoms with Gasteiger partial charge in [0, 0.05) is 27.7 Å². The summed E-state index contributed by atoms with van der Waals surface area (Å²) < 4.78 is 7.13. The molecule has 6 aliphatic carbocycles. The highest BCUT2D eigenvalue weighted by molar-refractivity contribution is 5.90. The lowest BCUT2D eigenvalue weighted by Gasteiger charge is -2.66. The van der Waals surface area contributed by atoms with E-state index in [-0.39, 0.29) is 5.41 Å². The first-order valence-electron chi connectivity index (χ1n) is 23.1. The number of fused-ring (bicyclic) bond motifs is 13. The summed E-state index contributed by atoms with van der Waals surface area (Å²) in [5.41, 5.74) is 17.2. The summed E-state index contributed by atoms with van der Waals surface area (Å²) >= 11 is 0. The van der Waals surface area contributed by atoms with Crippen molar-refractivity contribution in [2.45, 2.75) is 62.2 Å². The zero-order valence-corrected chi connectivity index (χ0v) is 35.5. The Kier molecular flexibility index (Phi) is 6.46. The van der Waals surface area contributed by atoms with Crippen LogP contribution in [0.15, 0.2) is 158 Å². The Balaban J connectivity index is 0.926. The van der Waals surface area contributed by atoms with Crippen LogP contribution in [0.5, 0.6) is 11.5 Å². The fraction of sp³-hybridized carbons (Fsp3) is 0.237. The molecular formula is C59H45N3O. The second kappa shape index (κ2) is 11.7. The lowest BCUT2D eigenvalue weighted by atomic mass is 9.38. The molecule has 2 bridgehead atoms. The third kappa shape index (κ3) is 4.17. The molecule has 4 saturated carbocycles. The van der Waals surface area contributed by atoms with Gasteiger partial charge in [-0.15, -0.1) is 0 Å². The number of ether oxygens (including phenoxy) is 1. The number of hydrogen-bond donors (Lipinski definition) is 0. The van der Waals surface area contributed by atoms with E-state index in [9.17, 15) is 0 Å². The van der Waals surface area contributed by atoms with Crippen LogP contribution in [0.2, 0.25) is 0 Å². The highest BCUT2D eigenvalue weighted by Crippen LogP contribution is 2.84. The first kappa shape index (κ1) is 34.9. The largest absolute Gasteiger partial charge is 0.456 e. The Labute approximate surface area is 368 Å². The second-order valence-corrected chi connectivity index (χ2v) is 20.5. The molecule has 4 nitrogen and oxygen atoms in total. The zero-order chi connectivity index (χ0) is 41.5. The molecule has 5 atom stereocenters. The van der Waals surface area contributed by atoms with Crippen LogP contribution in [-0.4, -0.2) is 15.0 Å². The third-order valence-electron chi connectivity index (χ3n) is 17.7. The number of benzene rings is 7. The molecule has 4 fully saturated rings. The van der Waals surface area contributed by atoms with Gasteiger partial charge in [0.25, 0.3) is 0 Å². The lowest BCUT2D eigenvalue weighted by Crippen LogP contribution is -2.59. The Morgan fingerprint density at radius 1 is 0.460 bits per heavy atom. The summed E-state index contributed by atoms with van der Waals surface area (Å²) in [6.07, 6.45) is 7.08. The summed E-state index contributed by atoms with van der Waals surface area (Å²) in [7, 11) is 0. The summed E-state index contributed by atoms with van der Waals surface area (Å²) in [5, 5.41) is 0. The SMILES string of the molecule is CC1(C)c2ccccc2-c2ccc(-c3nc(-c4ccc(C56CC7C[C@H]8C[C@@H](C5)C78C6)cc4)nc(-c4cccc5c4Oc4ccccc4C54c5ccccc5-c5ccccc54)n3)cc21. The number of rotatable bonds is 4. The molecule has 8 aromatic rings. The van der Waals surface area contributed by atoms with Crippen molar-refractivity contribution in [1.29, 1.82) is 0 Å². The van der Waals surface area contributed by atoms with Gasteiger partial charge in [-0.3, -0.25) is 0 Å². The summed E-state index contributed by atoms with van der Waals surface area (Å²) in [5.74, 6) is 6.49. The van der Waals surface area contributed by atoms with E-state index in [4.69, 9.17) is 19.7 Å². The molecule has 1 aromatic heterocycles. The van der Waals surface area contributed by atoms with Crippen LogP contribution in [-0.2, 0) is 16.2 Å². The number of nitrogens with zero attached hydrogens (tertiary/aromatic N) is 3. The third-order valence-corrected chi connectivity index (χ3v) is 17.7. The standard InChI is InChI=1S/C59H45N3O/c1-56(2)45-16-6-3-12-40(45)43-27-24-35(28-50(43)56)54-60-53(34-22-25-36(26-23-34)57-31-38-29-37-30-39(32-57)58(37,38)33-57)61-55(62-54)44-15-11-20-49-52(44)63-51-21-10-9-19-48(51)59(49)46-17-7-4-13-41(46)42-14-5-8-18-47(42)59/h3-28,37-39H,29-33H2,1-2H3/t37-,38+,39?,57?,58?/m1/s1. The Morgan fingerprint density at radius 2 is 1.00 bits per heavy atom. The molecule has 0 saturated heterocycles. The minimum absolute atomic E-state index is 0.156. The van der Waals surface area contributed by atoms with Gasteiger partial charge in [-0.05, 0) is 129 Å². The van der Waals surface area contributed by atoms with Gasteiger partial charge in [0.1, 0.15) is 11.5 Å². The molecule has 7 aliphatic rings. The quantitative estimate of drug-likeness (QED) is 0.178. The summed E-state index contributed by atoms with van der Waals surface area (Å²) in [6, 6.07) is 57.9. The number of para-hydroxylation sites is 2. The number of aromatic nitrogens is 3. The molecule has 4 heteroatoms. The molecular weight excluding hydrogens is 767 g/mol. The summed E-state index contributed by atoms with van der Waals surface area (Å²) in [6.45, 7) is 4.66. The van der Waals surface area contributed by atoms with Gasteiger partial charge in [0.05, 0.1) is 11.0 Å². The lowest BCUT2D eigenvalue weighted by molar-refractivity contribution is -0.175. The topological polar surface area (TPSA) is 47.9 Å². The Bertz CT molecular complexity index is 3260. The molecule has 3 unspecified atom stereocenters. The van der Waals surface area contributed by atoms with Gasteiger partial charge in [0.15, 0.2) is 17.5 Å². The average molecular weight is 812 g/mol. The van der Waals surface area contributed by atoms with Gasteiger partial charge >= 0.3 is 0 Å². The highest BCUT2D eigenvalue weighted by atomic mass is 16.5. The monoisotopic (exact) mass is 811 g/mol. The molecule has 2 spiro atoms. The Hall–Kier alpha value is -6.65. The molecule has 15 rings (SSSR count). The van der Waals surface area contributed by atoms with Crippen molar-refractivity contribution in [3.8, 4) is 67.9 Å². The van der Waals surface area contributed by atoms with Crippen molar-refractivity contribution >= 4 is 0 Å². The molecule has 7 aromatic carbocycles. The van der Waals surface area contributed by atoms with Gasteiger partial charge < -0.3 is 4.74 Å². The van der Waals surface area contributed by atoms with E-state index < -0.39 is 5.41 Å². The maximum Gasteiger partial charge on any atom is 0.167 e. The van der Waals surface area contributed by atoms with Crippen LogP contribution < -0.4 is 4.74 Å². The van der Waals surface area contributed by atoms with E-state index in [1.807, 2.05) is 0 Å². The number of hydrogen-bond acceptors (Lipinski definition) is 4. The second-order valence-electron chi connectivity index (χ2n) is 20.5. The van der Waals surface area contributed by atoms with Gasteiger partial charge in [-0.2, -0.15) is 0 Å². The van der Waals surface area contributed by atoms with Crippen molar-refractivity contribution in [2.24, 2.45) is 23.2 Å². The van der Waals surface area contributed by atoms with Crippen molar-refractivity contribution in [1.82, 2.24) is 15.0 Å².